The van der Waals surface area contributed by atoms with Crippen LogP contribution in [-0.4, -0.2) is 43.0 Å². The van der Waals surface area contributed by atoms with Crippen LogP contribution in [0.15, 0.2) is 42.5 Å². The quantitative estimate of drug-likeness (QED) is 0.884. The van der Waals surface area contributed by atoms with E-state index < -0.39 is 0 Å². The number of fused-ring (bicyclic) bond motifs is 1. The summed E-state index contributed by atoms with van der Waals surface area (Å²) < 4.78 is 11.0. The van der Waals surface area contributed by atoms with Gasteiger partial charge in [0.05, 0.1) is 0 Å². The van der Waals surface area contributed by atoms with Gasteiger partial charge in [-0.1, -0.05) is 6.92 Å². The molecule has 1 fully saturated rings. The Morgan fingerprint density at radius 3 is 2.46 bits per heavy atom. The van der Waals surface area contributed by atoms with E-state index >= 15 is 0 Å². The maximum absolute atomic E-state index is 12.7. The molecule has 2 amide bonds. The summed E-state index contributed by atoms with van der Waals surface area (Å²) in [5, 5.41) is 2.86. The average molecular weight is 380 g/mol. The molecule has 6 nitrogen and oxygen atoms in total. The highest BCUT2D eigenvalue weighted by molar-refractivity contribution is 6.05. The Morgan fingerprint density at radius 1 is 1.00 bits per heavy atom. The van der Waals surface area contributed by atoms with Crippen LogP contribution in [-0.2, 0) is 0 Å². The lowest BCUT2D eigenvalue weighted by molar-refractivity contribution is 0.0682. The second-order valence-corrected chi connectivity index (χ2v) is 7.39. The number of carbonyl (C=O) groups is 2. The highest BCUT2D eigenvalue weighted by atomic mass is 16.6. The number of likely N-dealkylation sites (tertiary alicyclic amines) is 1. The number of carbonyl (C=O) groups excluding carboxylic acids is 2. The van der Waals surface area contributed by atoms with Gasteiger partial charge >= 0.3 is 0 Å². The number of ether oxygens (including phenoxy) is 2. The van der Waals surface area contributed by atoms with E-state index in [9.17, 15) is 9.59 Å². The van der Waals surface area contributed by atoms with Crippen molar-refractivity contribution in [3.63, 3.8) is 0 Å². The molecule has 2 aromatic carbocycles. The second kappa shape index (κ2) is 7.92. The van der Waals surface area contributed by atoms with Gasteiger partial charge in [0.15, 0.2) is 11.5 Å². The Hall–Kier alpha value is -3.02. The van der Waals surface area contributed by atoms with Crippen LogP contribution in [0.2, 0.25) is 0 Å². The Labute approximate surface area is 164 Å². The van der Waals surface area contributed by atoms with E-state index in [0.717, 1.165) is 19.5 Å². The maximum Gasteiger partial charge on any atom is 0.255 e. The standard InChI is InChI=1S/C22H24N2O4/c1-15-3-2-10-24(14-15)22(26)17-6-4-16(5-7-17)21(25)23-18-8-9-19-20(13-18)28-12-11-27-19/h4-9,13,15H,2-3,10-12,14H2,1H3,(H,23,25). The molecule has 1 atom stereocenters. The van der Waals surface area contributed by atoms with E-state index in [1.165, 1.54) is 6.42 Å². The van der Waals surface area contributed by atoms with Crippen molar-refractivity contribution in [3.8, 4) is 11.5 Å². The van der Waals surface area contributed by atoms with Crippen molar-refractivity contribution in [1.82, 2.24) is 4.90 Å². The molecule has 0 saturated carbocycles. The van der Waals surface area contributed by atoms with Gasteiger partial charge in [-0.15, -0.1) is 0 Å². The SMILES string of the molecule is CC1CCCN(C(=O)c2ccc(C(=O)Nc3ccc4c(c3)OCCO4)cc2)C1. The summed E-state index contributed by atoms with van der Waals surface area (Å²) in [6.45, 7) is 4.79. The molecule has 0 aromatic heterocycles. The van der Waals surface area contributed by atoms with Gasteiger partial charge in [0.25, 0.3) is 11.8 Å². The number of nitrogens with one attached hydrogen (secondary N) is 1. The molecule has 146 valence electrons. The van der Waals surface area contributed by atoms with Gasteiger partial charge in [-0.25, -0.2) is 0 Å². The van der Waals surface area contributed by atoms with E-state index in [1.807, 2.05) is 4.90 Å². The molecular weight excluding hydrogens is 356 g/mol. The summed E-state index contributed by atoms with van der Waals surface area (Å²) in [5.74, 6) is 1.64. The van der Waals surface area contributed by atoms with Gasteiger partial charge < -0.3 is 19.7 Å². The van der Waals surface area contributed by atoms with Gasteiger partial charge in [-0.2, -0.15) is 0 Å². The monoisotopic (exact) mass is 380 g/mol. The van der Waals surface area contributed by atoms with Crippen molar-refractivity contribution >= 4 is 17.5 Å². The number of benzene rings is 2. The summed E-state index contributed by atoms with van der Waals surface area (Å²) in [5.41, 5.74) is 1.75. The first kappa shape index (κ1) is 18.3. The van der Waals surface area contributed by atoms with E-state index in [2.05, 4.69) is 12.2 Å². The molecule has 1 N–H and O–H groups in total. The minimum atomic E-state index is -0.234. The molecule has 4 rings (SSSR count). The zero-order valence-corrected chi connectivity index (χ0v) is 15.9. The van der Waals surface area contributed by atoms with Gasteiger partial charge in [0.2, 0.25) is 0 Å². The zero-order valence-electron chi connectivity index (χ0n) is 15.9. The van der Waals surface area contributed by atoms with Crippen molar-refractivity contribution in [1.29, 1.82) is 0 Å². The number of anilines is 1. The summed E-state index contributed by atoms with van der Waals surface area (Å²) in [7, 11) is 0. The summed E-state index contributed by atoms with van der Waals surface area (Å²) in [4.78, 5) is 27.1. The maximum atomic E-state index is 12.7. The summed E-state index contributed by atoms with van der Waals surface area (Å²) in [6, 6.07) is 12.1. The van der Waals surface area contributed by atoms with Crippen molar-refractivity contribution in [2.24, 2.45) is 5.92 Å². The molecule has 0 aliphatic carbocycles. The number of piperidine rings is 1. The van der Waals surface area contributed by atoms with Gasteiger partial charge in [0.1, 0.15) is 13.2 Å². The Bertz CT molecular complexity index is 879. The van der Waals surface area contributed by atoms with Crippen LogP contribution in [0, 0.1) is 5.92 Å². The first-order valence-electron chi connectivity index (χ1n) is 9.70. The van der Waals surface area contributed by atoms with Gasteiger partial charge in [-0.05, 0) is 55.2 Å². The molecule has 2 heterocycles. The minimum absolute atomic E-state index is 0.0327. The molecule has 0 radical (unpaired) electrons. The predicted molar refractivity (Wildman–Crippen MR) is 106 cm³/mol. The smallest absolute Gasteiger partial charge is 0.255 e. The van der Waals surface area contributed by atoms with E-state index in [0.29, 0.717) is 47.4 Å². The summed E-state index contributed by atoms with van der Waals surface area (Å²) in [6.07, 6.45) is 2.21. The molecule has 0 spiro atoms. The topological polar surface area (TPSA) is 67.9 Å². The summed E-state index contributed by atoms with van der Waals surface area (Å²) >= 11 is 0. The minimum Gasteiger partial charge on any atom is -0.486 e. The molecule has 2 aromatic rings. The van der Waals surface area contributed by atoms with Crippen LogP contribution in [0.5, 0.6) is 11.5 Å². The second-order valence-electron chi connectivity index (χ2n) is 7.39. The van der Waals surface area contributed by atoms with Gasteiger partial charge in [-0.3, -0.25) is 9.59 Å². The molecule has 1 saturated heterocycles. The first-order chi connectivity index (χ1) is 13.6. The van der Waals surface area contributed by atoms with E-state index in [-0.39, 0.29) is 11.8 Å². The first-order valence-corrected chi connectivity index (χ1v) is 9.70. The third-order valence-corrected chi connectivity index (χ3v) is 5.14. The normalized spacial score (nSPS) is 18.5. The largest absolute Gasteiger partial charge is 0.486 e. The fourth-order valence-corrected chi connectivity index (χ4v) is 3.64. The Kier molecular flexibility index (Phi) is 5.19. The molecule has 1 unspecified atom stereocenters. The molecule has 0 bridgehead atoms. The molecule has 2 aliphatic rings. The van der Waals surface area contributed by atoms with Crippen LogP contribution in [0.25, 0.3) is 0 Å². The highest BCUT2D eigenvalue weighted by Crippen LogP contribution is 2.32. The number of hydrogen-bond acceptors (Lipinski definition) is 4. The Balaban J connectivity index is 1.42. The van der Waals surface area contributed by atoms with E-state index in [1.54, 1.807) is 42.5 Å². The molecule has 28 heavy (non-hydrogen) atoms. The predicted octanol–water partition coefficient (Wildman–Crippen LogP) is 3.58. The fourth-order valence-electron chi connectivity index (χ4n) is 3.64. The number of nitrogens with zero attached hydrogens (tertiary/aromatic N) is 1. The zero-order chi connectivity index (χ0) is 19.5. The van der Waals surface area contributed by atoms with Crippen molar-refractivity contribution in [3.05, 3.63) is 53.6 Å². The number of rotatable bonds is 3. The van der Waals surface area contributed by atoms with Gasteiger partial charge in [0, 0.05) is 36.0 Å². The average Bonchev–Trinajstić information content (AvgIpc) is 2.73. The van der Waals surface area contributed by atoms with Crippen molar-refractivity contribution in [2.45, 2.75) is 19.8 Å². The van der Waals surface area contributed by atoms with E-state index in [4.69, 9.17) is 9.47 Å². The lowest BCUT2D eigenvalue weighted by Crippen LogP contribution is -2.39. The number of amides is 2. The number of hydrogen-bond donors (Lipinski definition) is 1. The van der Waals surface area contributed by atoms with Crippen molar-refractivity contribution < 1.29 is 19.1 Å². The lowest BCUT2D eigenvalue weighted by atomic mass is 9.99. The third kappa shape index (κ3) is 3.96. The fraction of sp³-hybridized carbons (Fsp3) is 0.364. The van der Waals surface area contributed by atoms with Crippen LogP contribution < -0.4 is 14.8 Å². The van der Waals surface area contributed by atoms with Crippen LogP contribution in [0.1, 0.15) is 40.5 Å². The Morgan fingerprint density at radius 2 is 1.71 bits per heavy atom. The molecule has 2 aliphatic heterocycles. The third-order valence-electron chi connectivity index (χ3n) is 5.14. The van der Waals surface area contributed by atoms with Crippen LogP contribution in [0.3, 0.4) is 0 Å². The molecule has 6 heteroatoms. The van der Waals surface area contributed by atoms with Crippen LogP contribution >= 0.6 is 0 Å². The molecular formula is C22H24N2O4. The van der Waals surface area contributed by atoms with Crippen LogP contribution in [0.4, 0.5) is 5.69 Å². The lowest BCUT2D eigenvalue weighted by Gasteiger charge is -2.31. The highest BCUT2D eigenvalue weighted by Gasteiger charge is 2.22. The van der Waals surface area contributed by atoms with Crippen molar-refractivity contribution in [2.75, 3.05) is 31.6 Å².